The number of halogens is 3. The van der Waals surface area contributed by atoms with Gasteiger partial charge in [0.25, 0.3) is 0 Å². The molecule has 1 unspecified atom stereocenters. The van der Waals surface area contributed by atoms with Crippen LogP contribution in [0.15, 0.2) is 24.3 Å². The van der Waals surface area contributed by atoms with Crippen molar-refractivity contribution in [2.24, 2.45) is 0 Å². The molecule has 1 aliphatic heterocycles. The summed E-state index contributed by atoms with van der Waals surface area (Å²) in [5.41, 5.74) is 2.40. The van der Waals surface area contributed by atoms with E-state index in [2.05, 4.69) is 41.4 Å². The van der Waals surface area contributed by atoms with E-state index in [0.29, 0.717) is 0 Å². The van der Waals surface area contributed by atoms with E-state index in [-0.39, 0.29) is 6.17 Å². The van der Waals surface area contributed by atoms with Gasteiger partial charge in [0.2, 0.25) is 3.79 Å². The summed E-state index contributed by atoms with van der Waals surface area (Å²) in [6.45, 7) is 3.81. The third-order valence-electron chi connectivity index (χ3n) is 2.99. The van der Waals surface area contributed by atoms with Gasteiger partial charge in [0.15, 0.2) is 0 Å². The van der Waals surface area contributed by atoms with Crippen molar-refractivity contribution in [1.29, 1.82) is 0 Å². The van der Waals surface area contributed by atoms with Gasteiger partial charge in [-0.15, -0.1) is 0 Å². The molecule has 94 valence electrons. The van der Waals surface area contributed by atoms with E-state index in [1.807, 2.05) is 0 Å². The highest BCUT2D eigenvalue weighted by Crippen LogP contribution is 2.35. The molecule has 2 nitrogen and oxygen atoms in total. The van der Waals surface area contributed by atoms with Crippen molar-refractivity contribution in [2.75, 3.05) is 18.0 Å². The average molecular weight is 294 g/mol. The maximum Gasteiger partial charge on any atom is 0.223 e. The molecule has 0 amide bonds. The summed E-state index contributed by atoms with van der Waals surface area (Å²) in [5, 5.41) is 3.20. The van der Waals surface area contributed by atoms with E-state index < -0.39 is 3.79 Å². The van der Waals surface area contributed by atoms with Crippen LogP contribution in [-0.2, 0) is 6.42 Å². The molecule has 0 spiro atoms. The zero-order valence-electron chi connectivity index (χ0n) is 9.59. The Kier molecular flexibility index (Phi) is 4.09. The first-order valence-corrected chi connectivity index (χ1v) is 6.81. The van der Waals surface area contributed by atoms with Crippen molar-refractivity contribution in [1.82, 2.24) is 5.32 Å². The minimum atomic E-state index is -1.32. The molecule has 0 saturated carbocycles. The molecule has 2 rings (SSSR count). The number of alkyl halides is 3. The van der Waals surface area contributed by atoms with Crippen LogP contribution in [0.1, 0.15) is 12.5 Å². The topological polar surface area (TPSA) is 15.3 Å². The third-order valence-corrected chi connectivity index (χ3v) is 3.61. The monoisotopic (exact) mass is 292 g/mol. The predicted octanol–water partition coefficient (Wildman–Crippen LogP) is 3.35. The lowest BCUT2D eigenvalue weighted by Crippen LogP contribution is -2.46. The van der Waals surface area contributed by atoms with Gasteiger partial charge in [0.1, 0.15) is 6.17 Å². The third kappa shape index (κ3) is 3.00. The van der Waals surface area contributed by atoms with Crippen LogP contribution in [0.2, 0.25) is 0 Å². The van der Waals surface area contributed by atoms with Gasteiger partial charge in [-0.05, 0) is 24.1 Å². The molecule has 1 heterocycles. The second-order valence-electron chi connectivity index (χ2n) is 4.11. The Balaban J connectivity index is 2.20. The second-order valence-corrected chi connectivity index (χ2v) is 6.48. The quantitative estimate of drug-likeness (QED) is 0.841. The summed E-state index contributed by atoms with van der Waals surface area (Å²) >= 11 is 17.9. The van der Waals surface area contributed by atoms with Gasteiger partial charge in [-0.3, -0.25) is 5.32 Å². The van der Waals surface area contributed by atoms with Gasteiger partial charge in [0.05, 0.1) is 0 Å². The van der Waals surface area contributed by atoms with Crippen LogP contribution in [0, 0.1) is 0 Å². The Morgan fingerprint density at radius 2 is 1.94 bits per heavy atom. The van der Waals surface area contributed by atoms with Crippen molar-refractivity contribution in [2.45, 2.75) is 23.3 Å². The number of benzene rings is 1. The second kappa shape index (κ2) is 5.23. The number of aryl methyl sites for hydroxylation is 1. The molecule has 1 fully saturated rings. The maximum atomic E-state index is 5.97. The van der Waals surface area contributed by atoms with E-state index in [1.165, 1.54) is 5.56 Å². The largest absolute Gasteiger partial charge is 0.351 e. The number of rotatable bonds is 2. The smallest absolute Gasteiger partial charge is 0.223 e. The Bertz CT molecular complexity index is 372. The van der Waals surface area contributed by atoms with Gasteiger partial charge in [-0.1, -0.05) is 53.9 Å². The SMILES string of the molecule is CCc1ccc(N2CCNC2C(Cl)(Cl)Cl)cc1. The van der Waals surface area contributed by atoms with Crippen LogP contribution < -0.4 is 10.2 Å². The molecule has 17 heavy (non-hydrogen) atoms. The van der Waals surface area contributed by atoms with Crippen LogP contribution in [-0.4, -0.2) is 23.0 Å². The molecule has 0 aromatic heterocycles. The molecular formula is C12H15Cl3N2. The molecular weight excluding hydrogens is 279 g/mol. The van der Waals surface area contributed by atoms with E-state index in [9.17, 15) is 0 Å². The predicted molar refractivity (Wildman–Crippen MR) is 75.2 cm³/mol. The van der Waals surface area contributed by atoms with Crippen molar-refractivity contribution in [3.05, 3.63) is 29.8 Å². The number of nitrogens with one attached hydrogen (secondary N) is 1. The van der Waals surface area contributed by atoms with Crippen LogP contribution >= 0.6 is 34.8 Å². The fraction of sp³-hybridized carbons (Fsp3) is 0.500. The van der Waals surface area contributed by atoms with E-state index >= 15 is 0 Å². The molecule has 0 radical (unpaired) electrons. The Labute approximate surface area is 117 Å². The van der Waals surface area contributed by atoms with E-state index in [4.69, 9.17) is 34.8 Å². The average Bonchev–Trinajstić information content (AvgIpc) is 2.78. The number of anilines is 1. The van der Waals surface area contributed by atoms with Crippen molar-refractivity contribution in [3.63, 3.8) is 0 Å². The normalized spacial score (nSPS) is 20.9. The first kappa shape index (κ1) is 13.3. The van der Waals surface area contributed by atoms with Gasteiger partial charge in [0, 0.05) is 18.8 Å². The summed E-state index contributed by atoms with van der Waals surface area (Å²) in [7, 11) is 0. The molecule has 1 atom stereocenters. The van der Waals surface area contributed by atoms with Gasteiger partial charge in [-0.2, -0.15) is 0 Å². The zero-order valence-corrected chi connectivity index (χ0v) is 11.9. The van der Waals surface area contributed by atoms with Gasteiger partial charge in [-0.25, -0.2) is 0 Å². The Morgan fingerprint density at radius 3 is 2.47 bits per heavy atom. The summed E-state index contributed by atoms with van der Waals surface area (Å²) in [6, 6.07) is 8.39. The van der Waals surface area contributed by atoms with Gasteiger partial charge >= 0.3 is 0 Å². The molecule has 0 aliphatic carbocycles. The molecule has 1 saturated heterocycles. The van der Waals surface area contributed by atoms with Gasteiger partial charge < -0.3 is 4.90 Å². The number of hydrogen-bond donors (Lipinski definition) is 1. The van der Waals surface area contributed by atoms with Crippen LogP contribution in [0.4, 0.5) is 5.69 Å². The van der Waals surface area contributed by atoms with Crippen molar-refractivity contribution < 1.29 is 0 Å². The molecule has 1 aromatic rings. The van der Waals surface area contributed by atoms with Crippen molar-refractivity contribution >= 4 is 40.5 Å². The molecule has 0 bridgehead atoms. The van der Waals surface area contributed by atoms with Crippen LogP contribution in [0.25, 0.3) is 0 Å². The lowest BCUT2D eigenvalue weighted by molar-refractivity contribution is 0.616. The summed E-state index contributed by atoms with van der Waals surface area (Å²) in [5.74, 6) is 0. The van der Waals surface area contributed by atoms with E-state index in [0.717, 1.165) is 25.2 Å². The molecule has 1 N–H and O–H groups in total. The highest BCUT2D eigenvalue weighted by atomic mass is 35.6. The summed E-state index contributed by atoms with van der Waals surface area (Å²) in [4.78, 5) is 2.09. The molecule has 5 heteroatoms. The Morgan fingerprint density at radius 1 is 1.29 bits per heavy atom. The van der Waals surface area contributed by atoms with Crippen LogP contribution in [0.3, 0.4) is 0 Å². The van der Waals surface area contributed by atoms with E-state index in [1.54, 1.807) is 0 Å². The highest BCUT2D eigenvalue weighted by Gasteiger charge is 2.40. The lowest BCUT2D eigenvalue weighted by Gasteiger charge is -2.31. The first-order valence-electron chi connectivity index (χ1n) is 5.68. The first-order chi connectivity index (χ1) is 8.02. The molecule has 1 aromatic carbocycles. The standard InChI is InChI=1S/C12H15Cl3N2/c1-2-9-3-5-10(6-4-9)17-8-7-16-11(17)12(13,14)15/h3-6,11,16H,2,7-8H2,1H3. The number of nitrogens with zero attached hydrogens (tertiary/aromatic N) is 1. The number of hydrogen-bond acceptors (Lipinski definition) is 2. The summed E-state index contributed by atoms with van der Waals surface area (Å²) in [6.07, 6.45) is 0.770. The zero-order chi connectivity index (χ0) is 12.5. The van der Waals surface area contributed by atoms with Crippen molar-refractivity contribution in [3.8, 4) is 0 Å². The fourth-order valence-electron chi connectivity index (χ4n) is 2.05. The minimum absolute atomic E-state index is 0.264. The van der Waals surface area contributed by atoms with Crippen LogP contribution in [0.5, 0.6) is 0 Å². The maximum absolute atomic E-state index is 5.97. The minimum Gasteiger partial charge on any atom is -0.351 e. The lowest BCUT2D eigenvalue weighted by atomic mass is 10.1. The fourth-order valence-corrected chi connectivity index (χ4v) is 2.64. The molecule has 1 aliphatic rings. The summed E-state index contributed by atoms with van der Waals surface area (Å²) < 4.78 is -1.32. The Hall–Kier alpha value is -0.150. The highest BCUT2D eigenvalue weighted by molar-refractivity contribution is 6.68.